The molecule has 0 aliphatic carbocycles. The highest BCUT2D eigenvalue weighted by Crippen LogP contribution is 2.38. The summed E-state index contributed by atoms with van der Waals surface area (Å²) < 4.78 is 38.8. The van der Waals surface area contributed by atoms with Crippen molar-refractivity contribution in [1.29, 1.82) is 0 Å². The van der Waals surface area contributed by atoms with Gasteiger partial charge in [-0.3, -0.25) is 10.1 Å². The number of aromatic nitrogens is 3. The molecule has 0 bridgehead atoms. The van der Waals surface area contributed by atoms with E-state index in [2.05, 4.69) is 32.3 Å². The van der Waals surface area contributed by atoms with Crippen molar-refractivity contribution in [3.63, 3.8) is 0 Å². The molecule has 3 aromatic rings. The lowest BCUT2D eigenvalue weighted by atomic mass is 10.00. The van der Waals surface area contributed by atoms with Crippen molar-refractivity contribution < 1.29 is 13.2 Å². The first-order valence-electron chi connectivity index (χ1n) is 9.51. The maximum absolute atomic E-state index is 12.9. The van der Waals surface area contributed by atoms with Gasteiger partial charge in [0.1, 0.15) is 0 Å². The SMILES string of the molecule is CCCN(CCNC)c1n[nH]c(-c2ccc(C(F)(F)F)cc2)c1-c1ccncc1. The minimum atomic E-state index is -4.36. The summed E-state index contributed by atoms with van der Waals surface area (Å²) >= 11 is 0. The molecule has 0 unspecified atom stereocenters. The summed E-state index contributed by atoms with van der Waals surface area (Å²) in [6, 6.07) is 8.90. The van der Waals surface area contributed by atoms with Crippen molar-refractivity contribution in [1.82, 2.24) is 20.5 Å². The van der Waals surface area contributed by atoms with Crippen LogP contribution in [0, 0.1) is 0 Å². The second-order valence-electron chi connectivity index (χ2n) is 6.70. The third kappa shape index (κ3) is 4.76. The average Bonchev–Trinajstić information content (AvgIpc) is 3.16. The van der Waals surface area contributed by atoms with Crippen LogP contribution < -0.4 is 10.2 Å². The molecule has 29 heavy (non-hydrogen) atoms. The molecule has 154 valence electrons. The Kier molecular flexibility index (Phi) is 6.53. The van der Waals surface area contributed by atoms with Crippen molar-refractivity contribution in [2.24, 2.45) is 0 Å². The topological polar surface area (TPSA) is 56.8 Å². The number of hydrogen-bond acceptors (Lipinski definition) is 4. The molecule has 0 saturated carbocycles. The molecule has 1 aromatic carbocycles. The number of benzene rings is 1. The van der Waals surface area contributed by atoms with Crippen LogP contribution in [0.5, 0.6) is 0 Å². The van der Waals surface area contributed by atoms with Crippen LogP contribution in [0.25, 0.3) is 22.4 Å². The fraction of sp³-hybridized carbons (Fsp3) is 0.333. The molecule has 0 atom stereocenters. The third-order valence-corrected chi connectivity index (χ3v) is 4.64. The predicted molar refractivity (Wildman–Crippen MR) is 109 cm³/mol. The number of alkyl halides is 3. The second-order valence-corrected chi connectivity index (χ2v) is 6.70. The van der Waals surface area contributed by atoms with E-state index in [0.717, 1.165) is 55.1 Å². The zero-order valence-electron chi connectivity index (χ0n) is 16.4. The van der Waals surface area contributed by atoms with Gasteiger partial charge in [0.15, 0.2) is 5.82 Å². The van der Waals surface area contributed by atoms with E-state index in [1.165, 1.54) is 12.1 Å². The lowest BCUT2D eigenvalue weighted by Gasteiger charge is -2.23. The summed E-state index contributed by atoms with van der Waals surface area (Å²) in [4.78, 5) is 6.25. The molecule has 2 aromatic heterocycles. The van der Waals surface area contributed by atoms with Crippen LogP contribution in [0.15, 0.2) is 48.8 Å². The highest BCUT2D eigenvalue weighted by molar-refractivity contribution is 5.89. The third-order valence-electron chi connectivity index (χ3n) is 4.64. The molecule has 8 heteroatoms. The van der Waals surface area contributed by atoms with E-state index < -0.39 is 11.7 Å². The van der Waals surface area contributed by atoms with Crippen LogP contribution in [0.1, 0.15) is 18.9 Å². The van der Waals surface area contributed by atoms with E-state index in [4.69, 9.17) is 0 Å². The standard InChI is InChI=1S/C21H24F3N5/c1-3-13-29(14-12-25-2)20-18(15-8-10-26-11-9-15)19(27-28-20)16-4-6-17(7-5-16)21(22,23)24/h4-11,25H,3,12-14H2,1-2H3,(H,27,28). The highest BCUT2D eigenvalue weighted by atomic mass is 19.4. The first-order chi connectivity index (χ1) is 14.0. The zero-order chi connectivity index (χ0) is 20.9. The molecule has 0 aliphatic heterocycles. The Morgan fingerprint density at radius 1 is 1.00 bits per heavy atom. The first-order valence-corrected chi connectivity index (χ1v) is 9.51. The predicted octanol–water partition coefficient (Wildman–Crippen LogP) is 4.59. The Balaban J connectivity index is 2.09. The molecular weight excluding hydrogens is 379 g/mol. The van der Waals surface area contributed by atoms with E-state index in [-0.39, 0.29) is 0 Å². The molecule has 5 nitrogen and oxygen atoms in total. The van der Waals surface area contributed by atoms with Crippen LogP contribution >= 0.6 is 0 Å². The monoisotopic (exact) mass is 403 g/mol. The molecule has 0 saturated heterocycles. The Hall–Kier alpha value is -2.87. The van der Waals surface area contributed by atoms with Gasteiger partial charge in [-0.25, -0.2) is 0 Å². The normalized spacial score (nSPS) is 11.6. The van der Waals surface area contributed by atoms with E-state index in [1.807, 2.05) is 19.2 Å². The molecule has 0 spiro atoms. The highest BCUT2D eigenvalue weighted by Gasteiger charge is 2.30. The lowest BCUT2D eigenvalue weighted by molar-refractivity contribution is -0.137. The minimum Gasteiger partial charge on any atom is -0.353 e. The van der Waals surface area contributed by atoms with E-state index in [9.17, 15) is 13.2 Å². The van der Waals surface area contributed by atoms with Gasteiger partial charge in [0, 0.05) is 37.6 Å². The first kappa shape index (κ1) is 20.9. The summed E-state index contributed by atoms with van der Waals surface area (Å²) in [6.45, 7) is 4.47. The number of hydrogen-bond donors (Lipinski definition) is 2. The van der Waals surface area contributed by atoms with Crippen molar-refractivity contribution in [2.75, 3.05) is 31.6 Å². The van der Waals surface area contributed by atoms with E-state index in [0.29, 0.717) is 11.3 Å². The van der Waals surface area contributed by atoms with Crippen LogP contribution in [0.3, 0.4) is 0 Å². The van der Waals surface area contributed by atoms with Gasteiger partial charge in [-0.15, -0.1) is 0 Å². The number of nitrogens with one attached hydrogen (secondary N) is 2. The van der Waals surface area contributed by atoms with Gasteiger partial charge >= 0.3 is 6.18 Å². The number of anilines is 1. The van der Waals surface area contributed by atoms with Crippen LogP contribution in [0.2, 0.25) is 0 Å². The molecule has 2 N–H and O–H groups in total. The molecule has 0 fully saturated rings. The zero-order valence-corrected chi connectivity index (χ0v) is 16.4. The Morgan fingerprint density at radius 3 is 2.28 bits per heavy atom. The summed E-state index contributed by atoms with van der Waals surface area (Å²) in [5, 5.41) is 10.7. The Labute approximate surface area is 168 Å². The second kappa shape index (κ2) is 9.09. The quantitative estimate of drug-likeness (QED) is 0.578. The molecule has 2 heterocycles. The van der Waals surface area contributed by atoms with Crippen LogP contribution in [0.4, 0.5) is 19.0 Å². The number of rotatable bonds is 8. The number of pyridine rings is 1. The summed E-state index contributed by atoms with van der Waals surface area (Å²) in [7, 11) is 1.89. The van der Waals surface area contributed by atoms with Gasteiger partial charge in [0.05, 0.1) is 16.8 Å². The number of aromatic amines is 1. The molecule has 0 aliphatic rings. The van der Waals surface area contributed by atoms with Crippen molar-refractivity contribution >= 4 is 5.82 Å². The lowest BCUT2D eigenvalue weighted by Crippen LogP contribution is -2.32. The van der Waals surface area contributed by atoms with Gasteiger partial charge in [-0.2, -0.15) is 18.3 Å². The van der Waals surface area contributed by atoms with Crippen molar-refractivity contribution in [3.05, 3.63) is 54.4 Å². The van der Waals surface area contributed by atoms with Crippen molar-refractivity contribution in [2.45, 2.75) is 19.5 Å². The van der Waals surface area contributed by atoms with E-state index >= 15 is 0 Å². The number of H-pyrrole nitrogens is 1. The smallest absolute Gasteiger partial charge is 0.353 e. The number of likely N-dealkylation sites (N-methyl/N-ethyl adjacent to an activating group) is 1. The summed E-state index contributed by atoms with van der Waals surface area (Å²) in [6.07, 6.45) is -0.0283. The van der Waals surface area contributed by atoms with Gasteiger partial charge in [-0.1, -0.05) is 19.1 Å². The maximum atomic E-state index is 12.9. The van der Waals surface area contributed by atoms with E-state index in [1.54, 1.807) is 12.4 Å². The molecular formula is C21H24F3N5. The Bertz CT molecular complexity index is 904. The van der Waals surface area contributed by atoms with Crippen LogP contribution in [-0.4, -0.2) is 41.9 Å². The van der Waals surface area contributed by atoms with Gasteiger partial charge in [0.2, 0.25) is 0 Å². The molecule has 0 amide bonds. The summed E-state index contributed by atoms with van der Waals surface area (Å²) in [5.41, 5.74) is 2.42. The van der Waals surface area contributed by atoms with Crippen LogP contribution in [-0.2, 0) is 6.18 Å². The summed E-state index contributed by atoms with van der Waals surface area (Å²) in [5.74, 6) is 0.781. The molecule has 0 radical (unpaired) electrons. The fourth-order valence-electron chi connectivity index (χ4n) is 3.23. The Morgan fingerprint density at radius 2 is 1.69 bits per heavy atom. The molecule has 3 rings (SSSR count). The largest absolute Gasteiger partial charge is 0.416 e. The minimum absolute atomic E-state index is 0.647. The van der Waals surface area contributed by atoms with Gasteiger partial charge < -0.3 is 10.2 Å². The average molecular weight is 403 g/mol. The maximum Gasteiger partial charge on any atom is 0.416 e. The fourth-order valence-corrected chi connectivity index (χ4v) is 3.23. The number of halogens is 3. The van der Waals surface area contributed by atoms with Gasteiger partial charge in [-0.05, 0) is 43.3 Å². The van der Waals surface area contributed by atoms with Crippen molar-refractivity contribution in [3.8, 4) is 22.4 Å². The number of nitrogens with zero attached hydrogens (tertiary/aromatic N) is 3. The van der Waals surface area contributed by atoms with Gasteiger partial charge in [0.25, 0.3) is 0 Å².